The molecule has 0 bridgehead atoms. The Kier molecular flexibility index (Phi) is 5.86. The molecule has 0 atom stereocenters. The van der Waals surface area contributed by atoms with Crippen molar-refractivity contribution in [1.29, 1.82) is 0 Å². The van der Waals surface area contributed by atoms with Crippen molar-refractivity contribution in [2.75, 3.05) is 44.2 Å². The molecular formula is C23H29N5O3S. The number of hydrogen-bond acceptors (Lipinski definition) is 6. The van der Waals surface area contributed by atoms with Crippen molar-refractivity contribution in [3.05, 3.63) is 47.7 Å². The van der Waals surface area contributed by atoms with Crippen LogP contribution in [0.4, 0.5) is 5.82 Å². The zero-order valence-corrected chi connectivity index (χ0v) is 19.0. The second kappa shape index (κ2) is 8.78. The molecule has 2 aromatic rings. The van der Waals surface area contributed by atoms with E-state index in [2.05, 4.69) is 21.2 Å². The Morgan fingerprint density at radius 3 is 2.09 bits per heavy atom. The first kappa shape index (κ1) is 21.3. The van der Waals surface area contributed by atoms with E-state index >= 15 is 0 Å². The number of piperazine rings is 1. The van der Waals surface area contributed by atoms with Crippen LogP contribution in [0.15, 0.2) is 41.3 Å². The molecule has 9 heteroatoms. The summed E-state index contributed by atoms with van der Waals surface area (Å²) < 4.78 is 27.2. The second-order valence-corrected chi connectivity index (χ2v) is 10.8. The van der Waals surface area contributed by atoms with Gasteiger partial charge in [0.1, 0.15) is 0 Å². The molecule has 0 N–H and O–H groups in total. The molecule has 2 aliphatic heterocycles. The number of nitrogens with zero attached hydrogens (tertiary/aromatic N) is 5. The van der Waals surface area contributed by atoms with Gasteiger partial charge in [-0.05, 0) is 62.1 Å². The Morgan fingerprint density at radius 1 is 0.812 bits per heavy atom. The van der Waals surface area contributed by atoms with E-state index < -0.39 is 10.0 Å². The third-order valence-electron chi connectivity index (χ3n) is 6.61. The average molecular weight is 456 g/mol. The van der Waals surface area contributed by atoms with Crippen molar-refractivity contribution in [2.45, 2.75) is 42.9 Å². The second-order valence-electron chi connectivity index (χ2n) is 8.86. The van der Waals surface area contributed by atoms with Crippen LogP contribution in [0.5, 0.6) is 0 Å². The number of anilines is 1. The number of sulfonamides is 1. The highest BCUT2D eigenvalue weighted by Gasteiger charge is 2.28. The Morgan fingerprint density at radius 2 is 1.50 bits per heavy atom. The molecule has 8 nitrogen and oxygen atoms in total. The summed E-state index contributed by atoms with van der Waals surface area (Å²) in [4.78, 5) is 17.2. The minimum atomic E-state index is -3.48. The standard InChI is InChI=1S/C23H29N5O3S/c29-23(19-6-8-20(9-7-19)32(30,31)28-12-2-1-3-13-28)27-16-14-26(15-17-27)22-11-10-21(24-25-22)18-4-5-18/h6-11,18H,1-5,12-17H2. The highest BCUT2D eigenvalue weighted by atomic mass is 32.2. The van der Waals surface area contributed by atoms with Crippen LogP contribution in [0.3, 0.4) is 0 Å². The van der Waals surface area contributed by atoms with E-state index in [-0.39, 0.29) is 10.8 Å². The first-order chi connectivity index (χ1) is 15.5. The monoisotopic (exact) mass is 455 g/mol. The van der Waals surface area contributed by atoms with Crippen molar-refractivity contribution >= 4 is 21.7 Å². The van der Waals surface area contributed by atoms with Crippen LogP contribution in [0.1, 0.15) is 54.1 Å². The van der Waals surface area contributed by atoms with Gasteiger partial charge in [-0.3, -0.25) is 4.79 Å². The predicted molar refractivity (Wildman–Crippen MR) is 121 cm³/mol. The average Bonchev–Trinajstić information content (AvgIpc) is 3.70. The topological polar surface area (TPSA) is 86.7 Å². The van der Waals surface area contributed by atoms with Gasteiger partial charge in [0.2, 0.25) is 10.0 Å². The minimum absolute atomic E-state index is 0.0678. The largest absolute Gasteiger partial charge is 0.352 e. The first-order valence-electron chi connectivity index (χ1n) is 11.5. The van der Waals surface area contributed by atoms with Gasteiger partial charge in [-0.25, -0.2) is 8.42 Å². The molecular weight excluding hydrogens is 426 g/mol. The van der Waals surface area contributed by atoms with Gasteiger partial charge in [-0.15, -0.1) is 5.10 Å². The van der Waals surface area contributed by atoms with Crippen LogP contribution >= 0.6 is 0 Å². The lowest BCUT2D eigenvalue weighted by Gasteiger charge is -2.35. The smallest absolute Gasteiger partial charge is 0.253 e. The van der Waals surface area contributed by atoms with Gasteiger partial charge in [0.25, 0.3) is 5.91 Å². The first-order valence-corrected chi connectivity index (χ1v) is 12.9. The lowest BCUT2D eigenvalue weighted by atomic mass is 10.2. The molecule has 170 valence electrons. The molecule has 1 saturated carbocycles. The zero-order valence-electron chi connectivity index (χ0n) is 18.2. The molecule has 3 heterocycles. The number of carbonyl (C=O) groups excluding carboxylic acids is 1. The fourth-order valence-electron chi connectivity index (χ4n) is 4.45. The number of rotatable bonds is 5. The molecule has 0 radical (unpaired) electrons. The van der Waals surface area contributed by atoms with E-state index in [1.807, 2.05) is 11.0 Å². The molecule has 2 saturated heterocycles. The van der Waals surface area contributed by atoms with E-state index in [0.717, 1.165) is 30.8 Å². The summed E-state index contributed by atoms with van der Waals surface area (Å²) >= 11 is 0. The van der Waals surface area contributed by atoms with Crippen molar-refractivity contribution < 1.29 is 13.2 Å². The summed E-state index contributed by atoms with van der Waals surface area (Å²) in [6.45, 7) is 3.73. The number of piperidine rings is 1. The maximum Gasteiger partial charge on any atom is 0.253 e. The van der Waals surface area contributed by atoms with Gasteiger partial charge >= 0.3 is 0 Å². The molecule has 1 aromatic carbocycles. The number of amides is 1. The fourth-order valence-corrected chi connectivity index (χ4v) is 5.96. The summed E-state index contributed by atoms with van der Waals surface area (Å²) in [5.74, 6) is 1.38. The van der Waals surface area contributed by atoms with Gasteiger partial charge in [0.05, 0.1) is 10.6 Å². The SMILES string of the molecule is O=C(c1ccc(S(=O)(=O)N2CCCCC2)cc1)N1CCN(c2ccc(C3CC3)nn2)CC1. The van der Waals surface area contributed by atoms with Gasteiger partial charge < -0.3 is 9.80 Å². The summed E-state index contributed by atoms with van der Waals surface area (Å²) in [5.41, 5.74) is 1.60. The Bertz CT molecular complexity index is 1050. The van der Waals surface area contributed by atoms with Crippen LogP contribution in [0, 0.1) is 0 Å². The van der Waals surface area contributed by atoms with Crippen LogP contribution in [-0.2, 0) is 10.0 Å². The fraction of sp³-hybridized carbons (Fsp3) is 0.522. The third-order valence-corrected chi connectivity index (χ3v) is 8.52. The molecule has 3 fully saturated rings. The Labute approximate surface area is 189 Å². The van der Waals surface area contributed by atoms with Crippen LogP contribution in [0.2, 0.25) is 0 Å². The van der Waals surface area contributed by atoms with E-state index in [4.69, 9.17) is 0 Å². The lowest BCUT2D eigenvalue weighted by molar-refractivity contribution is 0.0746. The van der Waals surface area contributed by atoms with Crippen molar-refractivity contribution in [1.82, 2.24) is 19.4 Å². The van der Waals surface area contributed by atoms with Crippen molar-refractivity contribution in [3.63, 3.8) is 0 Å². The summed E-state index contributed by atoms with van der Waals surface area (Å²) in [7, 11) is -3.48. The van der Waals surface area contributed by atoms with E-state index in [1.54, 1.807) is 28.6 Å². The highest BCUT2D eigenvalue weighted by Crippen LogP contribution is 2.38. The molecule has 1 amide bonds. The zero-order chi connectivity index (χ0) is 22.1. The Hall–Kier alpha value is -2.52. The highest BCUT2D eigenvalue weighted by molar-refractivity contribution is 7.89. The maximum atomic E-state index is 13.0. The number of aromatic nitrogens is 2. The summed E-state index contributed by atoms with van der Waals surface area (Å²) in [6, 6.07) is 10.5. The molecule has 1 aromatic heterocycles. The maximum absolute atomic E-state index is 13.0. The van der Waals surface area contributed by atoms with Gasteiger partial charge in [0.15, 0.2) is 5.82 Å². The van der Waals surface area contributed by atoms with Crippen LogP contribution in [0.25, 0.3) is 0 Å². The summed E-state index contributed by atoms with van der Waals surface area (Å²) in [5, 5.41) is 8.73. The number of hydrogen-bond donors (Lipinski definition) is 0. The van der Waals surface area contributed by atoms with Gasteiger partial charge in [-0.2, -0.15) is 9.40 Å². The molecule has 1 aliphatic carbocycles. The summed E-state index contributed by atoms with van der Waals surface area (Å²) in [6.07, 6.45) is 5.29. The number of benzene rings is 1. The Balaban J connectivity index is 1.19. The normalized spacial score (nSPS) is 20.4. The molecule has 0 unspecified atom stereocenters. The van der Waals surface area contributed by atoms with Gasteiger partial charge in [-0.1, -0.05) is 6.42 Å². The van der Waals surface area contributed by atoms with Crippen molar-refractivity contribution in [2.24, 2.45) is 0 Å². The molecule has 0 spiro atoms. The van der Waals surface area contributed by atoms with E-state index in [1.165, 1.54) is 12.8 Å². The molecule has 5 rings (SSSR count). The van der Waals surface area contributed by atoms with Crippen molar-refractivity contribution in [3.8, 4) is 0 Å². The molecule has 3 aliphatic rings. The third kappa shape index (κ3) is 4.36. The minimum Gasteiger partial charge on any atom is -0.352 e. The van der Waals surface area contributed by atoms with Crippen LogP contribution < -0.4 is 4.90 Å². The van der Waals surface area contributed by atoms with E-state index in [9.17, 15) is 13.2 Å². The van der Waals surface area contributed by atoms with Gasteiger partial charge in [0, 0.05) is 50.7 Å². The van der Waals surface area contributed by atoms with Crippen LogP contribution in [-0.4, -0.2) is 73.0 Å². The molecule has 32 heavy (non-hydrogen) atoms. The van der Waals surface area contributed by atoms with E-state index in [0.29, 0.717) is 50.7 Å². The number of carbonyl (C=O) groups is 1. The predicted octanol–water partition coefficient (Wildman–Crippen LogP) is 2.49. The lowest BCUT2D eigenvalue weighted by Crippen LogP contribution is -2.49. The quantitative estimate of drug-likeness (QED) is 0.689.